The number of sulfonamides is 1. The Balaban J connectivity index is 2.44. The Kier molecular flexibility index (Phi) is 4.83. The summed E-state index contributed by atoms with van der Waals surface area (Å²) in [6.07, 6.45) is 0. The molecular formula is C12H9Cl3N2O3S. The van der Waals surface area contributed by atoms with E-state index < -0.39 is 10.0 Å². The molecule has 0 aliphatic carbocycles. The number of halogens is 3. The molecule has 0 amide bonds. The molecule has 0 atom stereocenters. The number of nitrogens with one attached hydrogen (secondary N) is 1. The summed E-state index contributed by atoms with van der Waals surface area (Å²) < 4.78 is 32.1. The fraction of sp³-hybridized carbons (Fsp3) is 0.0833. The van der Waals surface area contributed by atoms with Crippen molar-refractivity contribution < 1.29 is 13.2 Å². The summed E-state index contributed by atoms with van der Waals surface area (Å²) in [7, 11) is -2.54. The predicted molar refractivity (Wildman–Crippen MR) is 83.1 cm³/mol. The lowest BCUT2D eigenvalue weighted by atomic mass is 10.3. The van der Waals surface area contributed by atoms with E-state index in [-0.39, 0.29) is 20.9 Å². The van der Waals surface area contributed by atoms with Crippen LogP contribution in [-0.2, 0) is 10.0 Å². The number of nitrogens with zero attached hydrogens (tertiary/aromatic N) is 1. The third-order valence-corrected chi connectivity index (χ3v) is 4.72. The normalized spacial score (nSPS) is 11.2. The molecule has 2 aromatic rings. The molecule has 1 aromatic carbocycles. The quantitative estimate of drug-likeness (QED) is 0.833. The van der Waals surface area contributed by atoms with Gasteiger partial charge in [0.05, 0.1) is 12.8 Å². The summed E-state index contributed by atoms with van der Waals surface area (Å²) in [5, 5.41) is 0.226. The number of ether oxygens (including phenoxy) is 1. The van der Waals surface area contributed by atoms with Gasteiger partial charge in [-0.25, -0.2) is 13.4 Å². The topological polar surface area (TPSA) is 68.3 Å². The van der Waals surface area contributed by atoms with Gasteiger partial charge in [-0.1, -0.05) is 34.8 Å². The molecule has 0 saturated carbocycles. The molecule has 1 aromatic heterocycles. The smallest absolute Gasteiger partial charge is 0.265 e. The highest BCUT2D eigenvalue weighted by atomic mass is 35.5. The molecule has 21 heavy (non-hydrogen) atoms. The number of rotatable bonds is 4. The van der Waals surface area contributed by atoms with Crippen molar-refractivity contribution >= 4 is 50.5 Å². The van der Waals surface area contributed by atoms with E-state index in [0.29, 0.717) is 10.8 Å². The first-order chi connectivity index (χ1) is 9.83. The van der Waals surface area contributed by atoms with Gasteiger partial charge in [0.15, 0.2) is 5.15 Å². The van der Waals surface area contributed by atoms with Gasteiger partial charge in [0.25, 0.3) is 10.0 Å². The minimum atomic E-state index is -3.95. The molecule has 0 spiro atoms. The fourth-order valence-corrected chi connectivity index (χ4v) is 3.45. The SMILES string of the molecule is COc1ccc(Cl)cc1NS(=O)(=O)c1ccc(Cl)nc1Cl. The number of pyridine rings is 1. The molecule has 1 heterocycles. The van der Waals surface area contributed by atoms with Crippen molar-refractivity contribution in [3.8, 4) is 5.75 Å². The summed E-state index contributed by atoms with van der Waals surface area (Å²) >= 11 is 17.3. The maximum Gasteiger partial charge on any atom is 0.265 e. The predicted octanol–water partition coefficient (Wildman–Crippen LogP) is 3.85. The molecular weight excluding hydrogens is 359 g/mol. The third kappa shape index (κ3) is 3.71. The van der Waals surface area contributed by atoms with Gasteiger partial charge < -0.3 is 4.74 Å². The maximum absolute atomic E-state index is 12.3. The second kappa shape index (κ2) is 6.27. The van der Waals surface area contributed by atoms with Gasteiger partial charge in [0.2, 0.25) is 0 Å². The van der Waals surface area contributed by atoms with Crippen molar-refractivity contribution in [2.75, 3.05) is 11.8 Å². The second-order valence-corrected chi connectivity index (χ2v) is 6.71. The van der Waals surface area contributed by atoms with Crippen LogP contribution in [0, 0.1) is 0 Å². The van der Waals surface area contributed by atoms with Crippen molar-refractivity contribution in [1.29, 1.82) is 0 Å². The number of benzene rings is 1. The first-order valence-corrected chi connectivity index (χ1v) is 8.13. The van der Waals surface area contributed by atoms with Gasteiger partial charge in [-0.15, -0.1) is 0 Å². The number of hydrogen-bond acceptors (Lipinski definition) is 4. The highest BCUT2D eigenvalue weighted by Gasteiger charge is 2.21. The van der Waals surface area contributed by atoms with Crippen LogP contribution in [0.1, 0.15) is 0 Å². The van der Waals surface area contributed by atoms with Gasteiger partial charge in [-0.3, -0.25) is 4.72 Å². The van der Waals surface area contributed by atoms with E-state index >= 15 is 0 Å². The Labute approximate surface area is 136 Å². The first kappa shape index (κ1) is 16.2. The first-order valence-electron chi connectivity index (χ1n) is 5.52. The second-order valence-electron chi connectivity index (χ2n) is 3.87. The molecule has 112 valence electrons. The highest BCUT2D eigenvalue weighted by molar-refractivity contribution is 7.92. The van der Waals surface area contributed by atoms with Gasteiger partial charge >= 0.3 is 0 Å². The fourth-order valence-electron chi connectivity index (χ4n) is 1.56. The number of methoxy groups -OCH3 is 1. The molecule has 9 heteroatoms. The lowest BCUT2D eigenvalue weighted by Crippen LogP contribution is -2.14. The molecule has 0 saturated heterocycles. The molecule has 0 radical (unpaired) electrons. The Bertz CT molecular complexity index is 781. The van der Waals surface area contributed by atoms with Crippen LogP contribution in [0.2, 0.25) is 15.3 Å². The van der Waals surface area contributed by atoms with Crippen LogP contribution >= 0.6 is 34.8 Å². The number of aromatic nitrogens is 1. The van der Waals surface area contributed by atoms with E-state index in [1.54, 1.807) is 12.1 Å². The zero-order chi connectivity index (χ0) is 15.6. The zero-order valence-electron chi connectivity index (χ0n) is 10.6. The van der Waals surface area contributed by atoms with Crippen LogP contribution in [0.4, 0.5) is 5.69 Å². The largest absolute Gasteiger partial charge is 0.495 e. The Morgan fingerprint density at radius 1 is 1.14 bits per heavy atom. The van der Waals surface area contributed by atoms with E-state index in [1.165, 1.54) is 25.3 Å². The third-order valence-electron chi connectivity index (χ3n) is 2.48. The highest BCUT2D eigenvalue weighted by Crippen LogP contribution is 2.31. The van der Waals surface area contributed by atoms with Gasteiger partial charge in [0.1, 0.15) is 15.8 Å². The summed E-state index contributed by atoms with van der Waals surface area (Å²) in [4.78, 5) is 3.50. The van der Waals surface area contributed by atoms with Crippen LogP contribution in [-0.4, -0.2) is 20.5 Å². The summed E-state index contributed by atoms with van der Waals surface area (Å²) in [5.74, 6) is 0.320. The standard InChI is InChI=1S/C12H9Cl3N2O3S/c1-20-9-3-2-7(13)6-8(9)17-21(18,19)10-4-5-11(14)16-12(10)15/h2-6,17H,1H3. The summed E-state index contributed by atoms with van der Waals surface area (Å²) in [5.41, 5.74) is 0.191. The van der Waals surface area contributed by atoms with Gasteiger partial charge in [-0.2, -0.15) is 0 Å². The Morgan fingerprint density at radius 3 is 2.48 bits per heavy atom. The van der Waals surface area contributed by atoms with E-state index in [1.807, 2.05) is 0 Å². The summed E-state index contributed by atoms with van der Waals surface area (Å²) in [6.45, 7) is 0. The number of anilines is 1. The molecule has 0 aliphatic heterocycles. The van der Waals surface area contributed by atoms with Crippen LogP contribution in [0.25, 0.3) is 0 Å². The van der Waals surface area contributed by atoms with Crippen LogP contribution < -0.4 is 9.46 Å². The van der Waals surface area contributed by atoms with Crippen molar-refractivity contribution in [1.82, 2.24) is 4.98 Å². The minimum Gasteiger partial charge on any atom is -0.495 e. The van der Waals surface area contributed by atoms with Crippen LogP contribution in [0.15, 0.2) is 35.2 Å². The van der Waals surface area contributed by atoms with E-state index in [9.17, 15) is 8.42 Å². The molecule has 5 nitrogen and oxygen atoms in total. The average Bonchev–Trinajstić information content (AvgIpc) is 2.37. The minimum absolute atomic E-state index is 0.0966. The molecule has 0 aliphatic rings. The van der Waals surface area contributed by atoms with Crippen LogP contribution in [0.3, 0.4) is 0 Å². The number of hydrogen-bond donors (Lipinski definition) is 1. The van der Waals surface area contributed by atoms with E-state index in [0.717, 1.165) is 0 Å². The molecule has 1 N–H and O–H groups in total. The van der Waals surface area contributed by atoms with Crippen molar-refractivity contribution in [3.63, 3.8) is 0 Å². The molecule has 0 fully saturated rings. The Morgan fingerprint density at radius 2 is 1.86 bits per heavy atom. The van der Waals surface area contributed by atoms with Crippen molar-refractivity contribution in [2.45, 2.75) is 4.90 Å². The Hall–Kier alpha value is -1.21. The molecule has 0 unspecified atom stereocenters. The van der Waals surface area contributed by atoms with E-state index in [2.05, 4.69) is 9.71 Å². The lowest BCUT2D eigenvalue weighted by Gasteiger charge is -2.12. The van der Waals surface area contributed by atoms with Crippen molar-refractivity contribution in [3.05, 3.63) is 45.7 Å². The molecule has 0 bridgehead atoms. The van der Waals surface area contributed by atoms with E-state index in [4.69, 9.17) is 39.5 Å². The lowest BCUT2D eigenvalue weighted by molar-refractivity contribution is 0.417. The van der Waals surface area contributed by atoms with Crippen LogP contribution in [0.5, 0.6) is 5.75 Å². The van der Waals surface area contributed by atoms with Gasteiger partial charge in [0, 0.05) is 5.02 Å². The average molecular weight is 368 g/mol. The monoisotopic (exact) mass is 366 g/mol. The maximum atomic E-state index is 12.3. The zero-order valence-corrected chi connectivity index (χ0v) is 13.7. The molecule has 2 rings (SSSR count). The van der Waals surface area contributed by atoms with Crippen molar-refractivity contribution in [2.24, 2.45) is 0 Å². The summed E-state index contributed by atoms with van der Waals surface area (Å²) in [6, 6.07) is 7.14. The van der Waals surface area contributed by atoms with Gasteiger partial charge in [-0.05, 0) is 30.3 Å².